The Morgan fingerprint density at radius 1 is 1.35 bits per heavy atom. The van der Waals surface area contributed by atoms with Crippen molar-refractivity contribution in [2.75, 3.05) is 13.2 Å². The van der Waals surface area contributed by atoms with Gasteiger partial charge in [-0.1, -0.05) is 0 Å². The van der Waals surface area contributed by atoms with Gasteiger partial charge in [-0.3, -0.25) is 4.79 Å². The fourth-order valence-corrected chi connectivity index (χ4v) is 4.47. The van der Waals surface area contributed by atoms with Crippen molar-refractivity contribution in [1.29, 1.82) is 0 Å². The van der Waals surface area contributed by atoms with Gasteiger partial charge in [-0.05, 0) is 39.0 Å². The molecule has 0 radical (unpaired) electrons. The summed E-state index contributed by atoms with van der Waals surface area (Å²) in [5.41, 5.74) is 0. The van der Waals surface area contributed by atoms with Gasteiger partial charge in [-0.2, -0.15) is 17.4 Å². The Labute approximate surface area is 119 Å². The quantitative estimate of drug-likeness (QED) is 0.763. The first-order chi connectivity index (χ1) is 9.42. The summed E-state index contributed by atoms with van der Waals surface area (Å²) in [5, 5.41) is 9.16. The van der Waals surface area contributed by atoms with E-state index in [0.717, 1.165) is 23.6 Å². The molecule has 3 atom stereocenters. The van der Waals surface area contributed by atoms with Crippen molar-refractivity contribution in [3.05, 3.63) is 0 Å². The SMILES string of the molecule is CC(NS(=O)(=O)N1CCCCC1C(=O)O)C1CCCO1. The van der Waals surface area contributed by atoms with Gasteiger partial charge in [0, 0.05) is 19.2 Å². The number of piperidine rings is 1. The highest BCUT2D eigenvalue weighted by Crippen LogP contribution is 2.22. The average molecular weight is 306 g/mol. The normalized spacial score (nSPS) is 30.2. The molecule has 2 rings (SSSR count). The molecule has 2 saturated heterocycles. The Balaban J connectivity index is 2.05. The van der Waals surface area contributed by atoms with E-state index in [1.54, 1.807) is 6.92 Å². The van der Waals surface area contributed by atoms with Gasteiger partial charge < -0.3 is 9.84 Å². The fraction of sp³-hybridized carbons (Fsp3) is 0.917. The van der Waals surface area contributed by atoms with Crippen LogP contribution in [0.25, 0.3) is 0 Å². The summed E-state index contributed by atoms with van der Waals surface area (Å²) in [4.78, 5) is 11.2. The van der Waals surface area contributed by atoms with Crippen LogP contribution in [-0.2, 0) is 19.7 Å². The third kappa shape index (κ3) is 3.49. The van der Waals surface area contributed by atoms with E-state index in [0.29, 0.717) is 19.4 Å². The second-order valence-electron chi connectivity index (χ2n) is 5.42. The van der Waals surface area contributed by atoms with E-state index in [1.807, 2.05) is 0 Å². The summed E-state index contributed by atoms with van der Waals surface area (Å²) < 4.78 is 33.8. The van der Waals surface area contributed by atoms with E-state index in [-0.39, 0.29) is 18.7 Å². The summed E-state index contributed by atoms with van der Waals surface area (Å²) in [7, 11) is -3.79. The highest BCUT2D eigenvalue weighted by molar-refractivity contribution is 7.87. The topological polar surface area (TPSA) is 95.9 Å². The summed E-state index contributed by atoms with van der Waals surface area (Å²) in [5.74, 6) is -1.08. The van der Waals surface area contributed by atoms with E-state index in [9.17, 15) is 13.2 Å². The van der Waals surface area contributed by atoms with Crippen molar-refractivity contribution in [2.24, 2.45) is 0 Å². The molecule has 2 aliphatic heterocycles. The van der Waals surface area contributed by atoms with E-state index in [2.05, 4.69) is 4.72 Å². The van der Waals surface area contributed by atoms with E-state index < -0.39 is 22.2 Å². The Bertz CT molecular complexity index is 447. The molecule has 8 heteroatoms. The standard InChI is InChI=1S/C12H22N2O5S/c1-9(11-6-4-8-19-11)13-20(17,18)14-7-3-2-5-10(14)12(15)16/h9-11,13H,2-8H2,1H3,(H,15,16). The molecule has 3 unspecified atom stereocenters. The van der Waals surface area contributed by atoms with Gasteiger partial charge in [0.25, 0.3) is 10.2 Å². The molecule has 0 aromatic rings. The minimum atomic E-state index is -3.79. The Morgan fingerprint density at radius 3 is 2.70 bits per heavy atom. The fourth-order valence-electron chi connectivity index (χ4n) is 2.81. The maximum atomic E-state index is 12.4. The first kappa shape index (κ1) is 15.7. The van der Waals surface area contributed by atoms with Crippen LogP contribution >= 0.6 is 0 Å². The van der Waals surface area contributed by atoms with Gasteiger partial charge in [0.15, 0.2) is 0 Å². The first-order valence-electron chi connectivity index (χ1n) is 7.05. The zero-order chi connectivity index (χ0) is 14.8. The van der Waals surface area contributed by atoms with E-state index >= 15 is 0 Å². The molecule has 0 spiro atoms. The molecule has 7 nitrogen and oxygen atoms in total. The third-order valence-corrected chi connectivity index (χ3v) is 5.63. The Morgan fingerprint density at radius 2 is 2.10 bits per heavy atom. The number of carbonyl (C=O) groups is 1. The highest BCUT2D eigenvalue weighted by Gasteiger charge is 2.38. The molecule has 0 aliphatic carbocycles. The van der Waals surface area contributed by atoms with Crippen LogP contribution in [0.4, 0.5) is 0 Å². The van der Waals surface area contributed by atoms with Gasteiger partial charge >= 0.3 is 5.97 Å². The number of ether oxygens (including phenoxy) is 1. The molecular formula is C12H22N2O5S. The van der Waals surface area contributed by atoms with Crippen LogP contribution in [0.3, 0.4) is 0 Å². The first-order valence-corrected chi connectivity index (χ1v) is 8.49. The lowest BCUT2D eigenvalue weighted by molar-refractivity contribution is -0.142. The van der Waals surface area contributed by atoms with Crippen molar-refractivity contribution in [3.63, 3.8) is 0 Å². The van der Waals surface area contributed by atoms with Crippen molar-refractivity contribution in [2.45, 2.75) is 57.2 Å². The molecule has 0 amide bonds. The smallest absolute Gasteiger partial charge is 0.322 e. The number of nitrogens with one attached hydrogen (secondary N) is 1. The van der Waals surface area contributed by atoms with Gasteiger partial charge in [0.1, 0.15) is 6.04 Å². The molecular weight excluding hydrogens is 284 g/mol. The number of rotatable bonds is 5. The molecule has 2 fully saturated rings. The predicted molar refractivity (Wildman–Crippen MR) is 72.5 cm³/mol. The van der Waals surface area contributed by atoms with Crippen LogP contribution in [0.5, 0.6) is 0 Å². The Hall–Kier alpha value is -0.700. The number of carboxylic acid groups (broad SMARTS) is 1. The van der Waals surface area contributed by atoms with Gasteiger partial charge in [-0.15, -0.1) is 0 Å². The number of hydrogen-bond donors (Lipinski definition) is 2. The monoisotopic (exact) mass is 306 g/mol. The minimum absolute atomic E-state index is 0.127. The summed E-state index contributed by atoms with van der Waals surface area (Å²) in [6, 6.07) is -1.31. The molecule has 20 heavy (non-hydrogen) atoms. The van der Waals surface area contributed by atoms with Crippen molar-refractivity contribution >= 4 is 16.2 Å². The molecule has 0 aromatic carbocycles. The second-order valence-corrected chi connectivity index (χ2v) is 7.08. The lowest BCUT2D eigenvalue weighted by atomic mass is 10.1. The maximum absolute atomic E-state index is 12.4. The average Bonchev–Trinajstić information content (AvgIpc) is 2.92. The molecule has 2 heterocycles. The van der Waals surface area contributed by atoms with E-state index in [1.165, 1.54) is 0 Å². The van der Waals surface area contributed by atoms with Crippen LogP contribution in [0, 0.1) is 0 Å². The highest BCUT2D eigenvalue weighted by atomic mass is 32.2. The molecule has 0 aromatic heterocycles. The number of hydrogen-bond acceptors (Lipinski definition) is 4. The largest absolute Gasteiger partial charge is 0.480 e. The molecule has 2 aliphatic rings. The van der Waals surface area contributed by atoms with Gasteiger partial charge in [-0.25, -0.2) is 0 Å². The van der Waals surface area contributed by atoms with Crippen LogP contribution in [0.15, 0.2) is 0 Å². The van der Waals surface area contributed by atoms with Crippen LogP contribution in [-0.4, -0.2) is 55.1 Å². The second kappa shape index (κ2) is 6.38. The number of aliphatic carboxylic acids is 1. The van der Waals surface area contributed by atoms with Crippen molar-refractivity contribution in [1.82, 2.24) is 9.03 Å². The third-order valence-electron chi connectivity index (χ3n) is 3.90. The lowest BCUT2D eigenvalue weighted by Crippen LogP contribution is -2.55. The number of nitrogens with zero attached hydrogens (tertiary/aromatic N) is 1. The lowest BCUT2D eigenvalue weighted by Gasteiger charge is -2.33. The van der Waals surface area contributed by atoms with Crippen LogP contribution in [0.1, 0.15) is 39.0 Å². The molecule has 0 saturated carbocycles. The van der Waals surface area contributed by atoms with Crippen molar-refractivity contribution < 1.29 is 23.1 Å². The summed E-state index contributed by atoms with van der Waals surface area (Å²) in [6.45, 7) is 2.66. The Kier molecular flexibility index (Phi) is 5.00. The zero-order valence-electron chi connectivity index (χ0n) is 11.6. The summed E-state index contributed by atoms with van der Waals surface area (Å²) >= 11 is 0. The van der Waals surface area contributed by atoms with Crippen LogP contribution < -0.4 is 4.72 Å². The minimum Gasteiger partial charge on any atom is -0.480 e. The van der Waals surface area contributed by atoms with E-state index in [4.69, 9.17) is 9.84 Å². The van der Waals surface area contributed by atoms with Crippen LogP contribution in [0.2, 0.25) is 0 Å². The van der Waals surface area contributed by atoms with Gasteiger partial charge in [0.2, 0.25) is 0 Å². The van der Waals surface area contributed by atoms with Gasteiger partial charge in [0.05, 0.1) is 6.10 Å². The number of carboxylic acids is 1. The zero-order valence-corrected chi connectivity index (χ0v) is 12.4. The molecule has 0 bridgehead atoms. The summed E-state index contributed by atoms with van der Waals surface area (Å²) in [6.07, 6.45) is 3.43. The predicted octanol–water partition coefficient (Wildman–Crippen LogP) is 0.327. The molecule has 2 N–H and O–H groups in total. The maximum Gasteiger partial charge on any atom is 0.322 e. The van der Waals surface area contributed by atoms with Crippen molar-refractivity contribution in [3.8, 4) is 0 Å². The molecule has 116 valence electrons.